The second-order valence-corrected chi connectivity index (χ2v) is 4.15. The second-order valence-electron chi connectivity index (χ2n) is 4.15. The van der Waals surface area contributed by atoms with Crippen LogP contribution in [0.15, 0.2) is 18.2 Å². The molecular weight excluding hydrogens is 204 g/mol. The fourth-order valence-electron chi connectivity index (χ4n) is 1.79. The van der Waals surface area contributed by atoms with E-state index in [0.717, 1.165) is 17.8 Å². The Morgan fingerprint density at radius 2 is 2.31 bits per heavy atom. The summed E-state index contributed by atoms with van der Waals surface area (Å²) in [6, 6.07) is 5.92. The fraction of sp³-hybridized carbons (Fsp3) is 0.417. The van der Waals surface area contributed by atoms with Crippen LogP contribution in [0.25, 0.3) is 0 Å². The molecule has 2 rings (SSSR count). The van der Waals surface area contributed by atoms with Crippen LogP contribution >= 0.6 is 0 Å². The highest BCUT2D eigenvalue weighted by atomic mass is 16.3. The predicted molar refractivity (Wildman–Crippen MR) is 63.6 cm³/mol. The van der Waals surface area contributed by atoms with Gasteiger partial charge in [-0.05, 0) is 31.0 Å². The van der Waals surface area contributed by atoms with Gasteiger partial charge in [-0.25, -0.2) is 0 Å². The Morgan fingerprint density at radius 1 is 1.50 bits per heavy atom. The van der Waals surface area contributed by atoms with Crippen LogP contribution in [0.2, 0.25) is 0 Å². The fourth-order valence-corrected chi connectivity index (χ4v) is 1.79. The SMILES string of the molecule is C[C@@H](CO)Nc1ccc2c(c1)NC(=O)CC2. The molecule has 0 spiro atoms. The first-order chi connectivity index (χ1) is 7.69. The smallest absolute Gasteiger partial charge is 0.224 e. The lowest BCUT2D eigenvalue weighted by Crippen LogP contribution is -2.21. The van der Waals surface area contributed by atoms with Gasteiger partial charge in [0.1, 0.15) is 0 Å². The van der Waals surface area contributed by atoms with Crippen molar-refractivity contribution >= 4 is 17.3 Å². The van der Waals surface area contributed by atoms with Gasteiger partial charge in [-0.15, -0.1) is 0 Å². The molecule has 1 aromatic rings. The van der Waals surface area contributed by atoms with Gasteiger partial charge < -0.3 is 15.7 Å². The number of fused-ring (bicyclic) bond motifs is 1. The summed E-state index contributed by atoms with van der Waals surface area (Å²) in [6.07, 6.45) is 1.36. The summed E-state index contributed by atoms with van der Waals surface area (Å²) in [6.45, 7) is 1.99. The molecule has 0 fully saturated rings. The zero-order valence-electron chi connectivity index (χ0n) is 9.29. The van der Waals surface area contributed by atoms with E-state index in [1.54, 1.807) is 0 Å². The molecule has 3 N–H and O–H groups in total. The Labute approximate surface area is 94.7 Å². The van der Waals surface area contributed by atoms with Crippen LogP contribution in [0.3, 0.4) is 0 Å². The topological polar surface area (TPSA) is 61.4 Å². The van der Waals surface area contributed by atoms with E-state index < -0.39 is 0 Å². The largest absolute Gasteiger partial charge is 0.394 e. The first-order valence-corrected chi connectivity index (χ1v) is 5.49. The van der Waals surface area contributed by atoms with Gasteiger partial charge in [0.15, 0.2) is 0 Å². The Kier molecular flexibility index (Phi) is 3.10. The molecule has 86 valence electrons. The number of hydrogen-bond donors (Lipinski definition) is 3. The standard InChI is InChI=1S/C12H16N2O2/c1-8(7-15)13-10-4-2-9-3-5-12(16)14-11(9)6-10/h2,4,6,8,13,15H,3,5,7H2,1H3,(H,14,16)/t8-/m0/s1. The molecule has 1 atom stereocenters. The molecule has 4 heteroatoms. The molecule has 0 bridgehead atoms. The van der Waals surface area contributed by atoms with E-state index in [4.69, 9.17) is 5.11 Å². The van der Waals surface area contributed by atoms with Gasteiger partial charge in [0.25, 0.3) is 0 Å². The molecule has 1 aliphatic heterocycles. The maximum Gasteiger partial charge on any atom is 0.224 e. The lowest BCUT2D eigenvalue weighted by Gasteiger charge is -2.19. The number of nitrogens with one attached hydrogen (secondary N) is 2. The first kappa shape index (κ1) is 11.0. The van der Waals surface area contributed by atoms with E-state index >= 15 is 0 Å². The Balaban J connectivity index is 2.18. The van der Waals surface area contributed by atoms with E-state index in [9.17, 15) is 4.79 Å². The quantitative estimate of drug-likeness (QED) is 0.721. The lowest BCUT2D eigenvalue weighted by molar-refractivity contribution is -0.116. The highest BCUT2D eigenvalue weighted by molar-refractivity contribution is 5.94. The molecule has 0 saturated carbocycles. The zero-order valence-corrected chi connectivity index (χ0v) is 9.29. The molecule has 0 saturated heterocycles. The lowest BCUT2D eigenvalue weighted by atomic mass is 10.0. The van der Waals surface area contributed by atoms with E-state index in [2.05, 4.69) is 10.6 Å². The van der Waals surface area contributed by atoms with Crippen LogP contribution in [0.4, 0.5) is 11.4 Å². The van der Waals surface area contributed by atoms with Gasteiger partial charge in [0.05, 0.1) is 6.61 Å². The number of amides is 1. The third-order valence-electron chi connectivity index (χ3n) is 2.69. The molecule has 1 aromatic carbocycles. The zero-order chi connectivity index (χ0) is 11.5. The molecule has 1 amide bonds. The number of aliphatic hydroxyl groups excluding tert-OH is 1. The summed E-state index contributed by atoms with van der Waals surface area (Å²) >= 11 is 0. The van der Waals surface area contributed by atoms with Crippen LogP contribution in [0, 0.1) is 0 Å². The molecule has 0 aromatic heterocycles. The van der Waals surface area contributed by atoms with Gasteiger partial charge in [0, 0.05) is 23.8 Å². The normalized spacial score (nSPS) is 16.2. The molecular formula is C12H16N2O2. The number of benzene rings is 1. The van der Waals surface area contributed by atoms with Gasteiger partial charge >= 0.3 is 0 Å². The number of anilines is 2. The minimum atomic E-state index is 0.0114. The summed E-state index contributed by atoms with van der Waals surface area (Å²) < 4.78 is 0. The van der Waals surface area contributed by atoms with Crippen molar-refractivity contribution in [2.45, 2.75) is 25.8 Å². The average molecular weight is 220 g/mol. The van der Waals surface area contributed by atoms with Gasteiger partial charge in [-0.2, -0.15) is 0 Å². The highest BCUT2D eigenvalue weighted by Crippen LogP contribution is 2.26. The minimum Gasteiger partial charge on any atom is -0.394 e. The molecule has 4 nitrogen and oxygen atoms in total. The van der Waals surface area contributed by atoms with Crippen LogP contribution < -0.4 is 10.6 Å². The summed E-state index contributed by atoms with van der Waals surface area (Å²) in [5.74, 6) is 0.0693. The van der Waals surface area contributed by atoms with E-state index in [0.29, 0.717) is 6.42 Å². The summed E-state index contributed by atoms with van der Waals surface area (Å²) in [5.41, 5.74) is 2.97. The predicted octanol–water partition coefficient (Wildman–Crippen LogP) is 1.36. The molecule has 0 radical (unpaired) electrons. The van der Waals surface area contributed by atoms with E-state index in [1.807, 2.05) is 25.1 Å². The van der Waals surface area contributed by atoms with Crippen LogP contribution in [0.1, 0.15) is 18.9 Å². The highest BCUT2D eigenvalue weighted by Gasteiger charge is 2.14. The van der Waals surface area contributed by atoms with Crippen molar-refractivity contribution in [3.8, 4) is 0 Å². The summed E-state index contributed by atoms with van der Waals surface area (Å²) in [7, 11) is 0. The maximum atomic E-state index is 11.2. The second kappa shape index (κ2) is 4.53. The number of aryl methyl sites for hydroxylation is 1. The molecule has 16 heavy (non-hydrogen) atoms. The third-order valence-corrected chi connectivity index (χ3v) is 2.69. The van der Waals surface area contributed by atoms with E-state index in [1.165, 1.54) is 5.56 Å². The summed E-state index contributed by atoms with van der Waals surface area (Å²) in [5, 5.41) is 14.9. The van der Waals surface area contributed by atoms with Crippen LogP contribution in [-0.4, -0.2) is 23.7 Å². The average Bonchev–Trinajstić information content (AvgIpc) is 2.28. The van der Waals surface area contributed by atoms with Crippen molar-refractivity contribution in [3.05, 3.63) is 23.8 Å². The monoisotopic (exact) mass is 220 g/mol. The van der Waals surface area contributed by atoms with Gasteiger partial charge in [-0.3, -0.25) is 4.79 Å². The van der Waals surface area contributed by atoms with Crippen LogP contribution in [-0.2, 0) is 11.2 Å². The van der Waals surface area contributed by atoms with Crippen molar-refractivity contribution in [3.63, 3.8) is 0 Å². The van der Waals surface area contributed by atoms with Crippen molar-refractivity contribution in [2.75, 3.05) is 17.2 Å². The summed E-state index contributed by atoms with van der Waals surface area (Å²) in [4.78, 5) is 11.2. The van der Waals surface area contributed by atoms with Crippen molar-refractivity contribution in [1.29, 1.82) is 0 Å². The third kappa shape index (κ3) is 2.33. The molecule has 0 unspecified atom stereocenters. The number of hydrogen-bond acceptors (Lipinski definition) is 3. The number of aliphatic hydroxyl groups is 1. The molecule has 0 aliphatic carbocycles. The molecule has 1 heterocycles. The van der Waals surface area contributed by atoms with Crippen molar-refractivity contribution < 1.29 is 9.90 Å². The number of carbonyl (C=O) groups is 1. The van der Waals surface area contributed by atoms with E-state index in [-0.39, 0.29) is 18.6 Å². The number of carbonyl (C=O) groups excluding carboxylic acids is 1. The Hall–Kier alpha value is -1.55. The first-order valence-electron chi connectivity index (χ1n) is 5.49. The number of rotatable bonds is 3. The maximum absolute atomic E-state index is 11.2. The van der Waals surface area contributed by atoms with Crippen molar-refractivity contribution in [2.24, 2.45) is 0 Å². The van der Waals surface area contributed by atoms with Gasteiger partial charge in [-0.1, -0.05) is 6.07 Å². The van der Waals surface area contributed by atoms with Crippen molar-refractivity contribution in [1.82, 2.24) is 0 Å². The minimum absolute atomic E-state index is 0.0114. The van der Waals surface area contributed by atoms with Crippen LogP contribution in [0.5, 0.6) is 0 Å². The molecule has 1 aliphatic rings. The van der Waals surface area contributed by atoms with Gasteiger partial charge in [0.2, 0.25) is 5.91 Å². The Bertz CT molecular complexity index is 404. The Morgan fingerprint density at radius 3 is 3.06 bits per heavy atom.